The molecule has 0 aromatic carbocycles. The van der Waals surface area contributed by atoms with Crippen LogP contribution >= 0.6 is 7.82 Å². The van der Waals surface area contributed by atoms with Crippen LogP contribution in [0.3, 0.4) is 0 Å². The highest BCUT2D eigenvalue weighted by Crippen LogP contribution is 2.46. The molecule has 1 saturated carbocycles. The summed E-state index contributed by atoms with van der Waals surface area (Å²) in [6, 6.07) is 0. The maximum atomic E-state index is 10.7. The summed E-state index contributed by atoms with van der Waals surface area (Å²) in [6.45, 7) is 0.903. The zero-order valence-electron chi connectivity index (χ0n) is 8.78. The van der Waals surface area contributed by atoms with Crippen LogP contribution in [0.5, 0.6) is 0 Å². The monoisotopic (exact) mass is 274 g/mol. The largest absolute Gasteiger partial charge is 0.470 e. The minimum Gasteiger partial charge on any atom is -0.387 e. The summed E-state index contributed by atoms with van der Waals surface area (Å²) < 4.78 is 14.9. The van der Waals surface area contributed by atoms with E-state index in [1.165, 1.54) is 0 Å². The van der Waals surface area contributed by atoms with Crippen molar-refractivity contribution in [2.24, 2.45) is 0 Å². The first-order valence-electron chi connectivity index (χ1n) is 4.67. The minimum absolute atomic E-state index is 0.903. The Hall–Kier alpha value is -0.0900. The zero-order valence-corrected chi connectivity index (χ0v) is 9.68. The molecule has 7 N–H and O–H groups in total. The van der Waals surface area contributed by atoms with E-state index in [9.17, 15) is 30.1 Å². The van der Waals surface area contributed by atoms with E-state index in [1.54, 1.807) is 0 Å². The molecular formula is C7H15O9P. The third kappa shape index (κ3) is 2.68. The van der Waals surface area contributed by atoms with E-state index in [4.69, 9.17) is 9.79 Å². The second-order valence-corrected chi connectivity index (χ2v) is 5.29. The zero-order chi connectivity index (χ0) is 13.6. The summed E-state index contributed by atoms with van der Waals surface area (Å²) in [5, 5.41) is 47.1. The standard InChI is InChI=1S/C7H15O9P/c1-7(16-17(13,14)15)5(11)3(9)2(8)4(10)6(7)12/h2-6,8-12H,1H3,(H2,13,14,15). The van der Waals surface area contributed by atoms with Crippen molar-refractivity contribution in [2.45, 2.75) is 43.0 Å². The lowest BCUT2D eigenvalue weighted by Gasteiger charge is -2.48. The van der Waals surface area contributed by atoms with Crippen molar-refractivity contribution >= 4 is 7.82 Å². The van der Waals surface area contributed by atoms with Gasteiger partial charge < -0.3 is 35.3 Å². The first-order valence-corrected chi connectivity index (χ1v) is 6.20. The van der Waals surface area contributed by atoms with Gasteiger partial charge in [-0.2, -0.15) is 0 Å². The van der Waals surface area contributed by atoms with Gasteiger partial charge in [0.05, 0.1) is 0 Å². The van der Waals surface area contributed by atoms with Crippen LogP contribution in [0.4, 0.5) is 0 Å². The average Bonchev–Trinajstić information content (AvgIpc) is 2.19. The summed E-state index contributed by atoms with van der Waals surface area (Å²) in [7, 11) is -5.07. The molecule has 0 amide bonds. The van der Waals surface area contributed by atoms with Crippen LogP contribution in [0, 0.1) is 0 Å². The second-order valence-electron chi connectivity index (χ2n) is 4.13. The molecule has 0 aromatic heterocycles. The van der Waals surface area contributed by atoms with Crippen molar-refractivity contribution in [1.82, 2.24) is 0 Å². The van der Waals surface area contributed by atoms with Crippen LogP contribution in [-0.4, -0.2) is 71.4 Å². The number of aliphatic hydroxyl groups is 5. The molecule has 1 rings (SSSR count). The molecular weight excluding hydrogens is 259 g/mol. The van der Waals surface area contributed by atoms with Gasteiger partial charge in [0, 0.05) is 0 Å². The van der Waals surface area contributed by atoms with Crippen LogP contribution in [-0.2, 0) is 9.09 Å². The third-order valence-corrected chi connectivity index (χ3v) is 3.47. The van der Waals surface area contributed by atoms with E-state index >= 15 is 0 Å². The van der Waals surface area contributed by atoms with Crippen LogP contribution in [0.2, 0.25) is 0 Å². The smallest absolute Gasteiger partial charge is 0.387 e. The summed E-state index contributed by atoms with van der Waals surface area (Å²) in [6.07, 6.45) is -9.64. The predicted octanol–water partition coefficient (Wildman–Crippen LogP) is -3.33. The molecule has 0 aromatic rings. The van der Waals surface area contributed by atoms with Crippen LogP contribution in [0.25, 0.3) is 0 Å². The van der Waals surface area contributed by atoms with Gasteiger partial charge >= 0.3 is 7.82 Å². The molecule has 0 spiro atoms. The van der Waals surface area contributed by atoms with E-state index in [0.29, 0.717) is 0 Å². The van der Waals surface area contributed by atoms with E-state index in [0.717, 1.165) is 6.92 Å². The summed E-state index contributed by atoms with van der Waals surface area (Å²) in [5.74, 6) is 0. The van der Waals surface area contributed by atoms with Gasteiger partial charge in [-0.25, -0.2) is 4.57 Å². The molecule has 0 radical (unpaired) electrons. The second kappa shape index (κ2) is 4.54. The molecule has 0 heterocycles. The highest BCUT2D eigenvalue weighted by molar-refractivity contribution is 7.46. The number of hydrogen-bond donors (Lipinski definition) is 7. The Bertz CT molecular complexity index is 311. The summed E-state index contributed by atoms with van der Waals surface area (Å²) in [5.41, 5.74) is -2.31. The molecule has 4 unspecified atom stereocenters. The maximum absolute atomic E-state index is 10.7. The highest BCUT2D eigenvalue weighted by Gasteiger charge is 2.58. The van der Waals surface area contributed by atoms with E-state index in [1.807, 2.05) is 0 Å². The average molecular weight is 274 g/mol. The Labute approximate surface area is 96.1 Å². The molecule has 0 saturated heterocycles. The van der Waals surface area contributed by atoms with Crippen molar-refractivity contribution in [3.63, 3.8) is 0 Å². The van der Waals surface area contributed by atoms with Gasteiger partial charge in [-0.15, -0.1) is 0 Å². The fourth-order valence-electron chi connectivity index (χ4n) is 1.79. The highest BCUT2D eigenvalue weighted by atomic mass is 31.2. The van der Waals surface area contributed by atoms with Gasteiger partial charge in [-0.05, 0) is 6.92 Å². The lowest BCUT2D eigenvalue weighted by molar-refractivity contribution is -0.256. The molecule has 9 nitrogen and oxygen atoms in total. The SMILES string of the molecule is CC1(OP(=O)(O)O)C(O)C(O)C(O)C(O)C1O. The fourth-order valence-corrected chi connectivity index (χ4v) is 2.52. The molecule has 0 aliphatic heterocycles. The maximum Gasteiger partial charge on any atom is 0.470 e. The van der Waals surface area contributed by atoms with Crippen molar-refractivity contribution in [3.8, 4) is 0 Å². The summed E-state index contributed by atoms with van der Waals surface area (Å²) in [4.78, 5) is 17.3. The molecule has 4 atom stereocenters. The third-order valence-electron chi connectivity index (χ3n) is 2.84. The first-order chi connectivity index (χ1) is 7.50. The fraction of sp³-hybridized carbons (Fsp3) is 1.00. The molecule has 10 heteroatoms. The number of phosphoric ester groups is 1. The number of phosphoric acid groups is 1. The lowest BCUT2D eigenvalue weighted by Crippen LogP contribution is -2.70. The Morgan fingerprint density at radius 1 is 0.941 bits per heavy atom. The Morgan fingerprint density at radius 3 is 1.59 bits per heavy atom. The minimum atomic E-state index is -5.07. The van der Waals surface area contributed by atoms with Gasteiger partial charge in [0.1, 0.15) is 36.1 Å². The normalized spacial score (nSPS) is 48.1. The quantitative estimate of drug-likeness (QED) is 0.255. The van der Waals surface area contributed by atoms with Gasteiger partial charge in [-0.3, -0.25) is 4.52 Å². The predicted molar refractivity (Wildman–Crippen MR) is 51.6 cm³/mol. The van der Waals surface area contributed by atoms with Crippen LogP contribution < -0.4 is 0 Å². The van der Waals surface area contributed by atoms with Gasteiger partial charge in [-0.1, -0.05) is 0 Å². The van der Waals surface area contributed by atoms with Crippen LogP contribution in [0.1, 0.15) is 6.92 Å². The van der Waals surface area contributed by atoms with Gasteiger partial charge in [0.15, 0.2) is 0 Å². The van der Waals surface area contributed by atoms with E-state index in [-0.39, 0.29) is 0 Å². The van der Waals surface area contributed by atoms with E-state index in [2.05, 4.69) is 4.52 Å². The van der Waals surface area contributed by atoms with Gasteiger partial charge in [0.25, 0.3) is 0 Å². The molecule has 1 aliphatic carbocycles. The Balaban J connectivity index is 3.08. The van der Waals surface area contributed by atoms with Gasteiger partial charge in [0.2, 0.25) is 0 Å². The van der Waals surface area contributed by atoms with Crippen molar-refractivity contribution in [2.75, 3.05) is 0 Å². The number of hydrogen-bond acceptors (Lipinski definition) is 7. The van der Waals surface area contributed by atoms with Crippen LogP contribution in [0.15, 0.2) is 0 Å². The molecule has 1 fully saturated rings. The lowest BCUT2D eigenvalue weighted by atomic mass is 9.76. The van der Waals surface area contributed by atoms with Crippen molar-refractivity contribution in [3.05, 3.63) is 0 Å². The van der Waals surface area contributed by atoms with E-state index < -0.39 is 43.9 Å². The van der Waals surface area contributed by atoms with Crippen molar-refractivity contribution in [1.29, 1.82) is 0 Å². The first kappa shape index (κ1) is 15.0. The van der Waals surface area contributed by atoms with Crippen molar-refractivity contribution < 1.29 is 44.4 Å². The number of rotatable bonds is 2. The molecule has 0 bridgehead atoms. The molecule has 1 aliphatic rings. The molecule has 17 heavy (non-hydrogen) atoms. The Kier molecular flexibility index (Phi) is 4.00. The number of aliphatic hydroxyl groups excluding tert-OH is 5. The molecule has 102 valence electrons. The Morgan fingerprint density at radius 2 is 1.29 bits per heavy atom. The topological polar surface area (TPSA) is 168 Å². The summed E-state index contributed by atoms with van der Waals surface area (Å²) >= 11 is 0.